The van der Waals surface area contributed by atoms with E-state index in [0.717, 1.165) is 41.0 Å². The summed E-state index contributed by atoms with van der Waals surface area (Å²) in [5.41, 5.74) is 4.44. The summed E-state index contributed by atoms with van der Waals surface area (Å²) in [6.45, 7) is 4.38. The molecule has 5 nitrogen and oxygen atoms in total. The van der Waals surface area contributed by atoms with Crippen LogP contribution in [-0.4, -0.2) is 30.5 Å². The minimum absolute atomic E-state index is 0.593. The number of halogens is 1. The fourth-order valence-corrected chi connectivity index (χ4v) is 3.16. The van der Waals surface area contributed by atoms with E-state index in [4.69, 9.17) is 9.47 Å². The molecule has 2 heterocycles. The molecule has 2 aromatic rings. The lowest BCUT2D eigenvalue weighted by Gasteiger charge is -2.15. The molecular weight excluding hydrogens is 334 g/mol. The summed E-state index contributed by atoms with van der Waals surface area (Å²) < 4.78 is 12.0. The fraction of sp³-hybridized carbons (Fsp3) is 0.400. The first kappa shape index (κ1) is 14.4. The van der Waals surface area contributed by atoms with E-state index in [9.17, 15) is 0 Å². The van der Waals surface area contributed by atoms with Gasteiger partial charge in [-0.2, -0.15) is 5.10 Å². The van der Waals surface area contributed by atoms with Gasteiger partial charge in [-0.1, -0.05) is 0 Å². The number of nitrogens with one attached hydrogen (secondary N) is 2. The quantitative estimate of drug-likeness (QED) is 0.889. The highest BCUT2D eigenvalue weighted by molar-refractivity contribution is 9.10. The van der Waals surface area contributed by atoms with Gasteiger partial charge in [0.15, 0.2) is 11.5 Å². The molecule has 6 heteroatoms. The minimum Gasteiger partial charge on any atom is -0.493 e. The Bertz CT molecular complexity index is 655. The van der Waals surface area contributed by atoms with Crippen molar-refractivity contribution in [2.45, 2.75) is 19.9 Å². The normalized spacial score (nSPS) is 13.9. The predicted molar refractivity (Wildman–Crippen MR) is 84.9 cm³/mol. The summed E-state index contributed by atoms with van der Waals surface area (Å²) in [5, 5.41) is 11.0. The Labute approximate surface area is 132 Å². The van der Waals surface area contributed by atoms with Gasteiger partial charge in [0, 0.05) is 36.3 Å². The second-order valence-corrected chi connectivity index (χ2v) is 5.73. The van der Waals surface area contributed by atoms with E-state index in [0.29, 0.717) is 12.4 Å². The van der Waals surface area contributed by atoms with Crippen LogP contribution in [0.2, 0.25) is 0 Å². The third kappa shape index (κ3) is 2.65. The minimum atomic E-state index is 0.593. The summed E-state index contributed by atoms with van der Waals surface area (Å²) in [6.07, 6.45) is 0.984. The number of hydrogen-bond donors (Lipinski definition) is 2. The largest absolute Gasteiger partial charge is 0.493 e. The molecule has 0 amide bonds. The van der Waals surface area contributed by atoms with Crippen LogP contribution in [0.1, 0.15) is 18.2 Å². The van der Waals surface area contributed by atoms with Crippen LogP contribution in [0, 0.1) is 0 Å². The van der Waals surface area contributed by atoms with Crippen molar-refractivity contribution in [2.75, 3.05) is 20.3 Å². The average molecular weight is 352 g/mol. The standard InChI is InChI=1S/C15H18BrN3O2/c1-3-21-15-11(16)6-9(7-13(15)20-2)14-10-8-17-5-4-12(10)18-19-14/h6-7,17H,3-5,8H2,1-2H3,(H,18,19). The number of rotatable bonds is 4. The van der Waals surface area contributed by atoms with Crippen LogP contribution in [0.4, 0.5) is 0 Å². The molecule has 0 radical (unpaired) electrons. The zero-order chi connectivity index (χ0) is 14.8. The van der Waals surface area contributed by atoms with Gasteiger partial charge in [0.05, 0.1) is 23.9 Å². The molecule has 0 saturated heterocycles. The Morgan fingerprint density at radius 1 is 1.38 bits per heavy atom. The molecule has 1 aromatic carbocycles. The lowest BCUT2D eigenvalue weighted by atomic mass is 10.0. The average Bonchev–Trinajstić information content (AvgIpc) is 2.93. The van der Waals surface area contributed by atoms with Crippen LogP contribution in [0.15, 0.2) is 16.6 Å². The number of nitrogens with zero attached hydrogens (tertiary/aromatic N) is 1. The van der Waals surface area contributed by atoms with Crippen molar-refractivity contribution in [3.63, 3.8) is 0 Å². The number of ether oxygens (including phenoxy) is 2. The third-order valence-electron chi connectivity index (χ3n) is 3.60. The molecule has 1 aliphatic rings. The zero-order valence-electron chi connectivity index (χ0n) is 12.1. The van der Waals surface area contributed by atoms with Crippen molar-refractivity contribution < 1.29 is 9.47 Å². The van der Waals surface area contributed by atoms with Crippen molar-refractivity contribution in [3.8, 4) is 22.8 Å². The lowest BCUT2D eigenvalue weighted by molar-refractivity contribution is 0.309. The Hall–Kier alpha value is -1.53. The molecule has 21 heavy (non-hydrogen) atoms. The molecule has 3 rings (SSSR count). The van der Waals surface area contributed by atoms with E-state index < -0.39 is 0 Å². The molecule has 0 fully saturated rings. The molecule has 0 bridgehead atoms. The van der Waals surface area contributed by atoms with Crippen LogP contribution < -0.4 is 14.8 Å². The number of fused-ring (bicyclic) bond motifs is 1. The molecule has 0 unspecified atom stereocenters. The molecule has 2 N–H and O–H groups in total. The van der Waals surface area contributed by atoms with E-state index in [-0.39, 0.29) is 0 Å². The van der Waals surface area contributed by atoms with Crippen LogP contribution >= 0.6 is 15.9 Å². The summed E-state index contributed by atoms with van der Waals surface area (Å²) >= 11 is 3.56. The van der Waals surface area contributed by atoms with Crippen molar-refractivity contribution in [1.82, 2.24) is 15.5 Å². The maximum atomic E-state index is 5.63. The third-order valence-corrected chi connectivity index (χ3v) is 4.19. The first-order valence-electron chi connectivity index (χ1n) is 7.02. The number of methoxy groups -OCH3 is 1. The zero-order valence-corrected chi connectivity index (χ0v) is 13.7. The van der Waals surface area contributed by atoms with Gasteiger partial charge in [0.25, 0.3) is 0 Å². The summed E-state index contributed by atoms with van der Waals surface area (Å²) in [6, 6.07) is 4.00. The highest BCUT2D eigenvalue weighted by atomic mass is 79.9. The van der Waals surface area contributed by atoms with Crippen molar-refractivity contribution in [3.05, 3.63) is 27.9 Å². The van der Waals surface area contributed by atoms with Gasteiger partial charge in [-0.15, -0.1) is 0 Å². The van der Waals surface area contributed by atoms with E-state index >= 15 is 0 Å². The van der Waals surface area contributed by atoms with Crippen LogP contribution in [0.25, 0.3) is 11.3 Å². The maximum absolute atomic E-state index is 5.63. The van der Waals surface area contributed by atoms with Crippen molar-refractivity contribution in [1.29, 1.82) is 0 Å². The summed E-state index contributed by atoms with van der Waals surface area (Å²) in [4.78, 5) is 0. The highest BCUT2D eigenvalue weighted by Crippen LogP contribution is 2.40. The predicted octanol–water partition coefficient (Wildman–Crippen LogP) is 2.89. The number of H-pyrrole nitrogens is 1. The second-order valence-electron chi connectivity index (χ2n) is 4.88. The second kappa shape index (κ2) is 6.07. The summed E-state index contributed by atoms with van der Waals surface area (Å²) in [5.74, 6) is 1.44. The number of hydrogen-bond acceptors (Lipinski definition) is 4. The Morgan fingerprint density at radius 2 is 2.24 bits per heavy atom. The van der Waals surface area contributed by atoms with Gasteiger partial charge in [-0.25, -0.2) is 0 Å². The smallest absolute Gasteiger partial charge is 0.175 e. The monoisotopic (exact) mass is 351 g/mol. The molecule has 0 aliphatic carbocycles. The van der Waals surface area contributed by atoms with Crippen LogP contribution in [-0.2, 0) is 13.0 Å². The van der Waals surface area contributed by atoms with Gasteiger partial charge in [0.2, 0.25) is 0 Å². The number of benzene rings is 1. The lowest BCUT2D eigenvalue weighted by Crippen LogP contribution is -2.23. The van der Waals surface area contributed by atoms with E-state index in [1.165, 1.54) is 11.3 Å². The van der Waals surface area contributed by atoms with E-state index in [1.807, 2.05) is 19.1 Å². The molecule has 1 aliphatic heterocycles. The Balaban J connectivity index is 2.07. The first-order chi connectivity index (χ1) is 10.2. The van der Waals surface area contributed by atoms with Crippen LogP contribution in [0.5, 0.6) is 11.5 Å². The molecular formula is C15H18BrN3O2. The topological polar surface area (TPSA) is 59.2 Å². The van der Waals surface area contributed by atoms with Crippen molar-refractivity contribution >= 4 is 15.9 Å². The van der Waals surface area contributed by atoms with E-state index in [1.54, 1.807) is 7.11 Å². The van der Waals surface area contributed by atoms with Gasteiger partial charge in [-0.05, 0) is 35.0 Å². The number of aromatic nitrogens is 2. The maximum Gasteiger partial charge on any atom is 0.175 e. The van der Waals surface area contributed by atoms with Gasteiger partial charge >= 0.3 is 0 Å². The SMILES string of the molecule is CCOc1c(Br)cc(-c2n[nH]c3c2CNCC3)cc1OC. The Morgan fingerprint density at radius 3 is 3.00 bits per heavy atom. The molecule has 112 valence electrons. The van der Waals surface area contributed by atoms with Crippen LogP contribution in [0.3, 0.4) is 0 Å². The molecule has 0 atom stereocenters. The fourth-order valence-electron chi connectivity index (χ4n) is 2.60. The molecule has 1 aromatic heterocycles. The van der Waals surface area contributed by atoms with Gasteiger partial charge in [-0.3, -0.25) is 5.10 Å². The Kier molecular flexibility index (Phi) is 4.17. The first-order valence-corrected chi connectivity index (χ1v) is 7.81. The summed E-state index contributed by atoms with van der Waals surface area (Å²) in [7, 11) is 1.65. The van der Waals surface area contributed by atoms with Gasteiger partial charge < -0.3 is 14.8 Å². The number of aromatic amines is 1. The van der Waals surface area contributed by atoms with Gasteiger partial charge in [0.1, 0.15) is 0 Å². The molecule has 0 saturated carbocycles. The van der Waals surface area contributed by atoms with E-state index in [2.05, 4.69) is 31.4 Å². The highest BCUT2D eigenvalue weighted by Gasteiger charge is 2.20. The molecule has 0 spiro atoms. The van der Waals surface area contributed by atoms with Crippen molar-refractivity contribution in [2.24, 2.45) is 0 Å².